The molecule has 0 bridgehead atoms. The number of nitrogens with one attached hydrogen (secondary N) is 2. The lowest BCUT2D eigenvalue weighted by molar-refractivity contribution is -0.122. The minimum absolute atomic E-state index is 0.0118. The van der Waals surface area contributed by atoms with E-state index in [-0.39, 0.29) is 24.0 Å². The molecule has 0 saturated heterocycles. The number of likely N-dealkylation sites (N-methyl/N-ethyl adjacent to an activating group) is 1. The Labute approximate surface area is 138 Å². The van der Waals surface area contributed by atoms with Crippen LogP contribution in [0.2, 0.25) is 0 Å². The van der Waals surface area contributed by atoms with Crippen molar-refractivity contribution in [3.63, 3.8) is 0 Å². The van der Waals surface area contributed by atoms with Crippen molar-refractivity contribution in [2.24, 2.45) is 0 Å². The summed E-state index contributed by atoms with van der Waals surface area (Å²) in [4.78, 5) is 27.4. The maximum Gasteiger partial charge on any atom is 0.322 e. The Bertz CT molecular complexity index is 576. The first-order chi connectivity index (χ1) is 10.5. The Morgan fingerprint density at radius 2 is 1.74 bits per heavy atom. The SMILES string of the molecule is Cc1cc(NC(=O)N(C)CC(=O)NC(C)(C)C)ccc1N(C)C. The molecule has 1 rings (SSSR count). The molecule has 0 aliphatic rings. The van der Waals surface area contributed by atoms with Gasteiger partial charge in [-0.2, -0.15) is 0 Å². The van der Waals surface area contributed by atoms with Crippen molar-refractivity contribution in [2.45, 2.75) is 33.2 Å². The quantitative estimate of drug-likeness (QED) is 0.895. The van der Waals surface area contributed by atoms with Gasteiger partial charge in [0.25, 0.3) is 0 Å². The number of carbonyl (C=O) groups is 2. The summed E-state index contributed by atoms with van der Waals surface area (Å²) in [7, 11) is 5.54. The zero-order chi connectivity index (χ0) is 17.8. The second kappa shape index (κ2) is 7.35. The van der Waals surface area contributed by atoms with E-state index in [1.54, 1.807) is 7.05 Å². The Kier molecular flexibility index (Phi) is 6.01. The number of amides is 3. The van der Waals surface area contributed by atoms with Crippen LogP contribution in [0.1, 0.15) is 26.3 Å². The van der Waals surface area contributed by atoms with Gasteiger partial charge in [0.05, 0.1) is 0 Å². The number of hydrogen-bond acceptors (Lipinski definition) is 3. The van der Waals surface area contributed by atoms with Gasteiger partial charge in [0.2, 0.25) is 5.91 Å². The van der Waals surface area contributed by atoms with Gasteiger partial charge in [-0.15, -0.1) is 0 Å². The molecule has 0 unspecified atom stereocenters. The van der Waals surface area contributed by atoms with Gasteiger partial charge in [-0.25, -0.2) is 4.79 Å². The fraction of sp³-hybridized carbons (Fsp3) is 0.529. The fourth-order valence-electron chi connectivity index (χ4n) is 2.20. The number of rotatable bonds is 4. The lowest BCUT2D eigenvalue weighted by Crippen LogP contribution is -2.47. The average Bonchev–Trinajstić information content (AvgIpc) is 2.35. The van der Waals surface area contributed by atoms with E-state index in [2.05, 4.69) is 10.6 Å². The molecule has 0 saturated carbocycles. The van der Waals surface area contributed by atoms with Crippen LogP contribution in [0, 0.1) is 6.92 Å². The van der Waals surface area contributed by atoms with Gasteiger partial charge >= 0.3 is 6.03 Å². The predicted molar refractivity (Wildman–Crippen MR) is 95.1 cm³/mol. The van der Waals surface area contributed by atoms with Crippen molar-refractivity contribution in [1.82, 2.24) is 10.2 Å². The summed E-state index contributed by atoms with van der Waals surface area (Å²) >= 11 is 0. The number of urea groups is 1. The Balaban J connectivity index is 2.65. The summed E-state index contributed by atoms with van der Waals surface area (Å²) in [5.74, 6) is -0.186. The molecule has 6 nitrogen and oxygen atoms in total. The van der Waals surface area contributed by atoms with Gasteiger partial charge in [-0.1, -0.05) is 0 Å². The third kappa shape index (κ3) is 6.18. The zero-order valence-corrected chi connectivity index (χ0v) is 15.2. The molecule has 0 aliphatic carbocycles. The zero-order valence-electron chi connectivity index (χ0n) is 15.2. The first-order valence-electron chi connectivity index (χ1n) is 7.60. The lowest BCUT2D eigenvalue weighted by atomic mass is 10.1. The van der Waals surface area contributed by atoms with Gasteiger partial charge in [0.15, 0.2) is 0 Å². The summed E-state index contributed by atoms with van der Waals surface area (Å²) in [5, 5.41) is 5.64. The van der Waals surface area contributed by atoms with Crippen LogP contribution >= 0.6 is 0 Å². The molecule has 0 heterocycles. The Morgan fingerprint density at radius 1 is 1.13 bits per heavy atom. The minimum Gasteiger partial charge on any atom is -0.377 e. The molecule has 23 heavy (non-hydrogen) atoms. The molecule has 0 fully saturated rings. The van der Waals surface area contributed by atoms with Gasteiger partial charge in [-0.3, -0.25) is 4.79 Å². The Hall–Kier alpha value is -2.24. The first-order valence-corrected chi connectivity index (χ1v) is 7.60. The van der Waals surface area contributed by atoms with Crippen LogP contribution in [0.25, 0.3) is 0 Å². The van der Waals surface area contributed by atoms with Crippen LogP contribution < -0.4 is 15.5 Å². The number of carbonyl (C=O) groups excluding carboxylic acids is 2. The number of benzene rings is 1. The standard InChI is InChI=1S/C17H28N4O2/c1-12-10-13(8-9-14(12)20(5)6)18-16(23)21(7)11-15(22)19-17(2,3)4/h8-10H,11H2,1-7H3,(H,18,23)(H,19,22). The molecule has 3 amide bonds. The summed E-state index contributed by atoms with van der Waals surface area (Å²) in [6.45, 7) is 7.71. The molecule has 1 aromatic rings. The van der Waals surface area contributed by atoms with Gasteiger partial charge in [0.1, 0.15) is 6.54 Å². The van der Waals surface area contributed by atoms with E-state index in [4.69, 9.17) is 0 Å². The van der Waals surface area contributed by atoms with Crippen molar-refractivity contribution in [3.05, 3.63) is 23.8 Å². The molecule has 0 spiro atoms. The van der Waals surface area contributed by atoms with Crippen molar-refractivity contribution in [3.8, 4) is 0 Å². The van der Waals surface area contributed by atoms with E-state index in [1.165, 1.54) is 4.90 Å². The first kappa shape index (κ1) is 18.8. The second-order valence-electron chi connectivity index (χ2n) is 6.98. The topological polar surface area (TPSA) is 64.7 Å². The smallest absolute Gasteiger partial charge is 0.322 e. The van der Waals surface area contributed by atoms with E-state index >= 15 is 0 Å². The summed E-state index contributed by atoms with van der Waals surface area (Å²) in [6, 6.07) is 5.41. The average molecular weight is 320 g/mol. The molecule has 6 heteroatoms. The van der Waals surface area contributed by atoms with E-state index in [1.807, 2.05) is 64.9 Å². The molecule has 0 aliphatic heterocycles. The highest BCUT2D eigenvalue weighted by Gasteiger charge is 2.18. The third-order valence-corrected chi connectivity index (χ3v) is 3.17. The molecular weight excluding hydrogens is 292 g/mol. The van der Waals surface area contributed by atoms with Gasteiger partial charge < -0.3 is 20.4 Å². The molecule has 2 N–H and O–H groups in total. The highest BCUT2D eigenvalue weighted by Crippen LogP contribution is 2.21. The normalized spacial score (nSPS) is 10.9. The van der Waals surface area contributed by atoms with Crippen molar-refractivity contribution >= 4 is 23.3 Å². The molecular formula is C17H28N4O2. The monoisotopic (exact) mass is 320 g/mol. The lowest BCUT2D eigenvalue weighted by Gasteiger charge is -2.23. The Morgan fingerprint density at radius 3 is 2.22 bits per heavy atom. The summed E-state index contributed by atoms with van der Waals surface area (Å²) < 4.78 is 0. The number of anilines is 2. The van der Waals surface area contributed by atoms with E-state index in [0.717, 1.165) is 11.3 Å². The summed E-state index contributed by atoms with van der Waals surface area (Å²) in [6.07, 6.45) is 0. The number of aryl methyl sites for hydroxylation is 1. The highest BCUT2D eigenvalue weighted by atomic mass is 16.2. The highest BCUT2D eigenvalue weighted by molar-refractivity contribution is 5.92. The number of nitrogens with zero attached hydrogens (tertiary/aromatic N) is 2. The van der Waals surface area contributed by atoms with Crippen LogP contribution in [0.5, 0.6) is 0 Å². The summed E-state index contributed by atoms with van der Waals surface area (Å²) in [5.41, 5.74) is 2.57. The largest absolute Gasteiger partial charge is 0.377 e. The van der Waals surface area contributed by atoms with Crippen LogP contribution in [-0.4, -0.2) is 50.1 Å². The van der Waals surface area contributed by atoms with E-state index < -0.39 is 0 Å². The van der Waals surface area contributed by atoms with Crippen LogP contribution in [-0.2, 0) is 4.79 Å². The molecule has 0 atom stereocenters. The predicted octanol–water partition coefficient (Wildman–Crippen LogP) is 2.44. The molecule has 0 radical (unpaired) electrons. The van der Waals surface area contributed by atoms with Gasteiger partial charge in [-0.05, 0) is 51.5 Å². The number of hydrogen-bond donors (Lipinski definition) is 2. The maximum absolute atomic E-state index is 12.2. The second-order valence-corrected chi connectivity index (χ2v) is 6.98. The minimum atomic E-state index is -0.314. The van der Waals surface area contributed by atoms with Crippen molar-refractivity contribution in [1.29, 1.82) is 0 Å². The molecule has 128 valence electrons. The van der Waals surface area contributed by atoms with E-state index in [9.17, 15) is 9.59 Å². The van der Waals surface area contributed by atoms with Crippen molar-refractivity contribution < 1.29 is 9.59 Å². The molecule has 1 aromatic carbocycles. The fourth-order valence-corrected chi connectivity index (χ4v) is 2.20. The van der Waals surface area contributed by atoms with Crippen LogP contribution in [0.3, 0.4) is 0 Å². The van der Waals surface area contributed by atoms with Crippen molar-refractivity contribution in [2.75, 3.05) is 37.9 Å². The van der Waals surface area contributed by atoms with Crippen LogP contribution in [0.15, 0.2) is 18.2 Å². The molecule has 0 aromatic heterocycles. The van der Waals surface area contributed by atoms with Crippen LogP contribution in [0.4, 0.5) is 16.2 Å². The van der Waals surface area contributed by atoms with Gasteiger partial charge in [0, 0.05) is 38.1 Å². The maximum atomic E-state index is 12.2. The third-order valence-electron chi connectivity index (χ3n) is 3.17. The van der Waals surface area contributed by atoms with E-state index in [0.29, 0.717) is 5.69 Å².